The average Bonchev–Trinajstić information content (AvgIpc) is 3.01. The van der Waals surface area contributed by atoms with Crippen molar-refractivity contribution >= 4 is 23.6 Å². The first-order valence-corrected chi connectivity index (χ1v) is 15.1. The minimum absolute atomic E-state index is 0.00967. The van der Waals surface area contributed by atoms with Crippen LogP contribution < -0.4 is 16.5 Å². The Morgan fingerprint density at radius 1 is 0.844 bits per heavy atom. The van der Waals surface area contributed by atoms with E-state index in [1.165, 1.54) is 35.3 Å². The molecule has 4 amide bonds. The van der Waals surface area contributed by atoms with Gasteiger partial charge in [-0.15, -0.1) is 0 Å². The fraction of sp³-hybridized carbons (Fsp3) is 0.353. The highest BCUT2D eigenvalue weighted by atomic mass is 16.3. The molecule has 0 fully saturated rings. The molecular weight excluding hydrogens is 574 g/mol. The number of primary amides is 1. The fourth-order valence-corrected chi connectivity index (χ4v) is 4.97. The van der Waals surface area contributed by atoms with Crippen LogP contribution in [0.1, 0.15) is 68.9 Å². The first-order chi connectivity index (χ1) is 21.5. The van der Waals surface area contributed by atoms with E-state index in [9.17, 15) is 29.4 Å². The van der Waals surface area contributed by atoms with E-state index in [4.69, 9.17) is 5.73 Å². The van der Waals surface area contributed by atoms with Crippen LogP contribution in [-0.4, -0.2) is 82.6 Å². The van der Waals surface area contributed by atoms with Gasteiger partial charge in [0.05, 0.1) is 18.6 Å². The van der Waals surface area contributed by atoms with Crippen LogP contribution in [0.5, 0.6) is 5.75 Å². The highest BCUT2D eigenvalue weighted by Gasteiger charge is 2.26. The Kier molecular flexibility index (Phi) is 13.1. The van der Waals surface area contributed by atoms with Gasteiger partial charge >= 0.3 is 0 Å². The van der Waals surface area contributed by atoms with Crippen molar-refractivity contribution in [3.8, 4) is 5.75 Å². The summed E-state index contributed by atoms with van der Waals surface area (Å²) < 4.78 is 0. The number of nitrogens with zero attached hydrogens (tertiary/aromatic N) is 2. The molecule has 0 bridgehead atoms. The molecule has 0 radical (unpaired) electrons. The molecule has 0 saturated heterocycles. The van der Waals surface area contributed by atoms with E-state index >= 15 is 0 Å². The Bertz CT molecular complexity index is 1440. The topological polar surface area (TPSA) is 165 Å². The lowest BCUT2D eigenvalue weighted by Crippen LogP contribution is -2.52. The molecule has 11 nitrogen and oxygen atoms in total. The van der Waals surface area contributed by atoms with Gasteiger partial charge in [0.15, 0.2) is 0 Å². The van der Waals surface area contributed by atoms with E-state index in [2.05, 4.69) is 10.7 Å². The van der Waals surface area contributed by atoms with E-state index in [1.54, 1.807) is 24.1 Å². The standard InChI is InChI=1S/C34H43N5O6/c1-4-15-39(16-5-2)34(45)27-20-25(32(35)43)19-26(21-27)33(44)36-29(17-24-11-13-28(40)14-12-24)30(41)22-38(3)37-31(42)18-23-9-7-6-8-10-23/h6-14,19-21,29-30,40-41H,4-5,15-18,22H2,1-3H3,(H2,35,43)(H,36,44)(H,37,42). The van der Waals surface area contributed by atoms with Crippen molar-refractivity contribution in [2.24, 2.45) is 5.73 Å². The van der Waals surface area contributed by atoms with Crippen LogP contribution in [0.4, 0.5) is 0 Å². The Hall–Kier alpha value is -4.74. The van der Waals surface area contributed by atoms with Gasteiger partial charge in [-0.1, -0.05) is 56.3 Å². The number of carbonyl (C=O) groups excluding carboxylic acids is 4. The molecule has 3 rings (SSSR count). The SMILES string of the molecule is CCCN(CCC)C(=O)c1cc(C(N)=O)cc(C(=O)NC(Cc2ccc(O)cc2)C(O)CN(C)NC(=O)Cc2ccccc2)c1. The van der Waals surface area contributed by atoms with Crippen molar-refractivity contribution in [1.29, 1.82) is 0 Å². The Labute approximate surface area is 264 Å². The van der Waals surface area contributed by atoms with Crippen molar-refractivity contribution in [2.45, 2.75) is 51.7 Å². The van der Waals surface area contributed by atoms with Crippen LogP contribution in [0.15, 0.2) is 72.8 Å². The minimum atomic E-state index is -1.16. The number of phenolic OH excluding ortho intramolecular Hbond substituents is 1. The van der Waals surface area contributed by atoms with Crippen LogP contribution in [-0.2, 0) is 17.6 Å². The molecule has 240 valence electrons. The zero-order valence-corrected chi connectivity index (χ0v) is 26.0. The summed E-state index contributed by atoms with van der Waals surface area (Å²) in [5, 5.41) is 25.3. The second kappa shape index (κ2) is 16.9. The number of nitrogens with one attached hydrogen (secondary N) is 2. The van der Waals surface area contributed by atoms with Crippen molar-refractivity contribution < 1.29 is 29.4 Å². The maximum Gasteiger partial charge on any atom is 0.253 e. The van der Waals surface area contributed by atoms with Gasteiger partial charge in [0.25, 0.3) is 11.8 Å². The third-order valence-electron chi connectivity index (χ3n) is 7.16. The van der Waals surface area contributed by atoms with Gasteiger partial charge in [0.2, 0.25) is 11.8 Å². The smallest absolute Gasteiger partial charge is 0.253 e. The normalized spacial score (nSPS) is 12.3. The minimum Gasteiger partial charge on any atom is -0.508 e. The number of nitrogens with two attached hydrogens (primary N) is 1. The molecule has 0 aliphatic rings. The molecule has 0 aromatic heterocycles. The number of aromatic hydroxyl groups is 1. The lowest BCUT2D eigenvalue weighted by Gasteiger charge is -2.28. The second-order valence-electron chi connectivity index (χ2n) is 11.1. The summed E-state index contributed by atoms with van der Waals surface area (Å²) in [6, 6.07) is 18.9. The molecule has 3 aromatic rings. The molecule has 0 aliphatic carbocycles. The van der Waals surface area contributed by atoms with Crippen LogP contribution in [0.2, 0.25) is 0 Å². The number of carbonyl (C=O) groups is 4. The summed E-state index contributed by atoms with van der Waals surface area (Å²) in [5.74, 6) is -1.92. The van der Waals surface area contributed by atoms with Gasteiger partial charge < -0.3 is 26.2 Å². The van der Waals surface area contributed by atoms with Gasteiger partial charge in [-0.2, -0.15) is 0 Å². The molecular formula is C34H43N5O6. The number of hydrogen-bond acceptors (Lipinski definition) is 7. The van der Waals surface area contributed by atoms with Gasteiger partial charge in [0, 0.05) is 43.4 Å². The lowest BCUT2D eigenvalue weighted by atomic mass is 9.99. The molecule has 0 saturated carbocycles. The average molecular weight is 618 g/mol. The Balaban J connectivity index is 1.83. The van der Waals surface area contributed by atoms with Gasteiger partial charge in [-0.05, 0) is 60.7 Å². The van der Waals surface area contributed by atoms with Crippen LogP contribution in [0.25, 0.3) is 0 Å². The van der Waals surface area contributed by atoms with Gasteiger partial charge in [-0.25, -0.2) is 5.01 Å². The largest absolute Gasteiger partial charge is 0.508 e. The molecule has 0 aliphatic heterocycles. The third kappa shape index (κ3) is 10.7. The summed E-state index contributed by atoms with van der Waals surface area (Å²) in [6.07, 6.45) is 0.662. The number of phenols is 1. The number of aliphatic hydroxyl groups is 1. The van der Waals surface area contributed by atoms with Crippen LogP contribution in [0.3, 0.4) is 0 Å². The zero-order chi connectivity index (χ0) is 32.9. The summed E-state index contributed by atoms with van der Waals surface area (Å²) >= 11 is 0. The number of aliphatic hydroxyl groups excluding tert-OH is 1. The number of benzene rings is 3. The summed E-state index contributed by atoms with van der Waals surface area (Å²) in [7, 11) is 1.61. The summed E-state index contributed by atoms with van der Waals surface area (Å²) in [4.78, 5) is 53.4. The zero-order valence-electron chi connectivity index (χ0n) is 26.0. The number of hydrazine groups is 1. The van der Waals surface area contributed by atoms with Crippen molar-refractivity contribution in [2.75, 3.05) is 26.7 Å². The molecule has 11 heteroatoms. The fourth-order valence-electron chi connectivity index (χ4n) is 4.97. The number of likely N-dealkylation sites (N-methyl/N-ethyl adjacent to an activating group) is 1. The van der Waals surface area contributed by atoms with Crippen LogP contribution >= 0.6 is 0 Å². The van der Waals surface area contributed by atoms with Gasteiger partial charge in [-0.3, -0.25) is 24.6 Å². The molecule has 3 aromatic carbocycles. The van der Waals surface area contributed by atoms with Crippen molar-refractivity contribution in [3.05, 3.63) is 101 Å². The first kappa shape index (κ1) is 34.7. The molecule has 6 N–H and O–H groups in total. The van der Waals surface area contributed by atoms with Gasteiger partial charge in [0.1, 0.15) is 5.75 Å². The number of hydrogen-bond donors (Lipinski definition) is 5. The predicted molar refractivity (Wildman–Crippen MR) is 171 cm³/mol. The molecule has 45 heavy (non-hydrogen) atoms. The van der Waals surface area contributed by atoms with E-state index in [0.29, 0.717) is 13.1 Å². The quantitative estimate of drug-likeness (QED) is 0.154. The molecule has 2 unspecified atom stereocenters. The van der Waals surface area contributed by atoms with E-state index in [1.807, 2.05) is 44.2 Å². The highest BCUT2D eigenvalue weighted by molar-refractivity contribution is 6.04. The Morgan fingerprint density at radius 3 is 2.04 bits per heavy atom. The Morgan fingerprint density at radius 2 is 1.44 bits per heavy atom. The van der Waals surface area contributed by atoms with E-state index in [0.717, 1.165) is 24.0 Å². The van der Waals surface area contributed by atoms with Crippen molar-refractivity contribution in [3.63, 3.8) is 0 Å². The highest BCUT2D eigenvalue weighted by Crippen LogP contribution is 2.17. The number of rotatable bonds is 16. The summed E-state index contributed by atoms with van der Waals surface area (Å²) in [5.41, 5.74) is 10.1. The maximum atomic E-state index is 13.6. The second-order valence-corrected chi connectivity index (χ2v) is 11.1. The van der Waals surface area contributed by atoms with Crippen molar-refractivity contribution in [1.82, 2.24) is 20.7 Å². The summed E-state index contributed by atoms with van der Waals surface area (Å²) in [6.45, 7) is 4.93. The molecule has 0 spiro atoms. The first-order valence-electron chi connectivity index (χ1n) is 15.1. The van der Waals surface area contributed by atoms with E-state index in [-0.39, 0.29) is 53.6 Å². The maximum absolute atomic E-state index is 13.6. The molecule has 2 atom stereocenters. The number of amides is 4. The lowest BCUT2D eigenvalue weighted by molar-refractivity contribution is -0.125. The third-order valence-corrected chi connectivity index (χ3v) is 7.16. The monoisotopic (exact) mass is 617 g/mol. The molecule has 0 heterocycles. The van der Waals surface area contributed by atoms with Crippen LogP contribution in [0, 0.1) is 0 Å². The van der Waals surface area contributed by atoms with E-state index < -0.39 is 24.0 Å². The predicted octanol–water partition coefficient (Wildman–Crippen LogP) is 2.66.